The van der Waals surface area contributed by atoms with Crippen molar-refractivity contribution >= 4 is 65.5 Å². The fourth-order valence-electron chi connectivity index (χ4n) is 3.09. The van der Waals surface area contributed by atoms with Gasteiger partial charge in [0.1, 0.15) is 17.5 Å². The Morgan fingerprint density at radius 3 is 1.62 bits per heavy atom. The van der Waals surface area contributed by atoms with E-state index < -0.39 is 18.1 Å². The van der Waals surface area contributed by atoms with Gasteiger partial charge in [0.05, 0.1) is 14.2 Å². The molecule has 1 amide bonds. The number of rotatable bonds is 10. The molecule has 3 aromatic carbocycles. The maximum atomic E-state index is 12.3. The highest BCUT2D eigenvalue weighted by atomic mass is 33.1. The first-order valence-corrected chi connectivity index (χ1v) is 15.3. The lowest BCUT2D eigenvalue weighted by atomic mass is 10.1. The van der Waals surface area contributed by atoms with Gasteiger partial charge in [0.15, 0.2) is 6.04 Å². The molecule has 0 fully saturated rings. The summed E-state index contributed by atoms with van der Waals surface area (Å²) in [6.07, 6.45) is 0. The van der Waals surface area contributed by atoms with Gasteiger partial charge >= 0.3 is 5.97 Å². The second-order valence-electron chi connectivity index (χ2n) is 7.37. The number of carboxylic acid groups (broad SMARTS) is 1. The highest BCUT2D eigenvalue weighted by Crippen LogP contribution is 2.22. The Morgan fingerprint density at radius 2 is 1.24 bits per heavy atom. The van der Waals surface area contributed by atoms with Gasteiger partial charge in [0, 0.05) is 70.0 Å². The van der Waals surface area contributed by atoms with Gasteiger partial charge in [-0.15, -0.1) is 0 Å². The quantitative estimate of drug-likeness (QED) is 0.161. The van der Waals surface area contributed by atoms with E-state index in [2.05, 4.69) is 70.1 Å². The van der Waals surface area contributed by atoms with Crippen molar-refractivity contribution in [3.8, 4) is 11.5 Å². The zero-order valence-corrected chi connectivity index (χ0v) is 26.3. The number of nitrogens with one attached hydrogen (secondary N) is 1. The predicted molar refractivity (Wildman–Crippen MR) is 173 cm³/mol. The molecule has 0 aliphatic rings. The highest BCUT2D eigenvalue weighted by Gasteiger charge is 2.19. The molecule has 3 rings (SSSR count). The molecule has 17 heteroatoms. The van der Waals surface area contributed by atoms with E-state index in [4.69, 9.17) is 25.6 Å². The van der Waals surface area contributed by atoms with Crippen LogP contribution >= 0.6 is 0 Å². The van der Waals surface area contributed by atoms with Crippen LogP contribution in [0.5, 0.6) is 11.5 Å². The molecule has 0 bridgehead atoms. The molecule has 0 aliphatic heterocycles. The molecule has 2 unspecified atom stereocenters. The lowest BCUT2D eigenvalue weighted by molar-refractivity contribution is -0.138. The SMILES string of the molecule is COc1ccc(C(N=[N+]=[N-])C(=O)NCc2ccccc2)cc1.COc1ccc(C(N=[N+]=[N-])C(=O)O)cc1.S=S.S=S=S. The van der Waals surface area contributed by atoms with Crippen LogP contribution in [-0.2, 0) is 69.8 Å². The summed E-state index contributed by atoms with van der Waals surface area (Å²) in [6, 6.07) is 20.6. The van der Waals surface area contributed by atoms with E-state index in [1.54, 1.807) is 55.6 Å². The summed E-state index contributed by atoms with van der Waals surface area (Å²) in [4.78, 5) is 28.3. The molecular weight excluding hydrogens is 639 g/mol. The van der Waals surface area contributed by atoms with Crippen LogP contribution in [0.15, 0.2) is 89.1 Å². The first kappa shape index (κ1) is 37.9. The second kappa shape index (κ2) is 23.6. The van der Waals surface area contributed by atoms with Crippen molar-refractivity contribution in [3.05, 3.63) is 116 Å². The lowest BCUT2D eigenvalue weighted by Crippen LogP contribution is -2.27. The van der Waals surface area contributed by atoms with Crippen LogP contribution in [0.4, 0.5) is 0 Å². The number of azide groups is 2. The Balaban J connectivity index is 0.000000731. The van der Waals surface area contributed by atoms with Gasteiger partial charge in [-0.3, -0.25) is 9.59 Å². The number of benzene rings is 3. The average Bonchev–Trinajstić information content (AvgIpc) is 3.03. The minimum atomic E-state index is -1.19. The normalized spacial score (nSPS) is 10.2. The van der Waals surface area contributed by atoms with E-state index in [9.17, 15) is 9.59 Å². The largest absolute Gasteiger partial charge is 0.497 e. The maximum absolute atomic E-state index is 12.3. The van der Waals surface area contributed by atoms with Crippen molar-refractivity contribution in [1.82, 2.24) is 5.32 Å². The third-order valence-corrected chi connectivity index (χ3v) is 4.99. The van der Waals surface area contributed by atoms with Crippen LogP contribution in [0, 0.1) is 0 Å². The molecule has 42 heavy (non-hydrogen) atoms. The summed E-state index contributed by atoms with van der Waals surface area (Å²) < 4.78 is 9.99. The molecule has 2 N–H and O–H groups in total. The number of nitrogens with zero attached hydrogens (tertiary/aromatic N) is 6. The minimum absolute atomic E-state index is 0.341. The average molecular weight is 664 g/mol. The van der Waals surface area contributed by atoms with Crippen LogP contribution in [0.3, 0.4) is 0 Å². The van der Waals surface area contributed by atoms with Gasteiger partial charge in [-0.05, 0) is 52.0 Å². The van der Waals surface area contributed by atoms with Crippen molar-refractivity contribution < 1.29 is 24.2 Å². The summed E-state index contributed by atoms with van der Waals surface area (Å²) in [7, 11) is 3.99. The first-order valence-electron chi connectivity index (χ1n) is 11.3. The molecule has 2 atom stereocenters. The van der Waals surface area contributed by atoms with Gasteiger partial charge in [-0.2, -0.15) is 0 Å². The van der Waals surface area contributed by atoms with E-state index in [1.165, 1.54) is 7.11 Å². The van der Waals surface area contributed by atoms with Gasteiger partial charge in [0.2, 0.25) is 5.91 Å². The molecular formula is C25H25N7O5S5. The summed E-state index contributed by atoms with van der Waals surface area (Å²) in [5.74, 6) is -0.234. The number of methoxy groups -OCH3 is 2. The molecule has 0 saturated heterocycles. The van der Waals surface area contributed by atoms with E-state index in [-0.39, 0.29) is 5.91 Å². The summed E-state index contributed by atoms with van der Waals surface area (Å²) in [5.41, 5.74) is 18.9. The van der Waals surface area contributed by atoms with E-state index in [1.807, 2.05) is 30.3 Å². The zero-order chi connectivity index (χ0) is 31.8. The molecule has 0 spiro atoms. The molecule has 0 radical (unpaired) electrons. The van der Waals surface area contributed by atoms with Crippen molar-refractivity contribution in [1.29, 1.82) is 0 Å². The third kappa shape index (κ3) is 14.5. The number of hydrogen-bond acceptors (Lipinski definition) is 10. The van der Waals surface area contributed by atoms with Crippen LogP contribution in [0.2, 0.25) is 0 Å². The molecule has 3 aromatic rings. The Morgan fingerprint density at radius 1 is 0.833 bits per heavy atom. The number of carboxylic acids is 1. The van der Waals surface area contributed by atoms with Crippen LogP contribution in [-0.4, -0.2) is 31.2 Å². The van der Waals surface area contributed by atoms with Crippen LogP contribution < -0.4 is 14.8 Å². The Kier molecular flexibility index (Phi) is 21.3. The molecule has 12 nitrogen and oxygen atoms in total. The molecule has 0 heterocycles. The molecule has 0 aliphatic carbocycles. The Labute approximate surface area is 264 Å². The monoisotopic (exact) mass is 663 g/mol. The van der Waals surface area contributed by atoms with E-state index in [0.29, 0.717) is 29.2 Å². The van der Waals surface area contributed by atoms with Gasteiger partial charge in [0.25, 0.3) is 0 Å². The summed E-state index contributed by atoms with van der Waals surface area (Å²) in [6.45, 7) is 0.382. The third-order valence-electron chi connectivity index (χ3n) is 4.99. The second-order valence-corrected chi connectivity index (χ2v) is 9.14. The first-order chi connectivity index (χ1) is 20.3. The Bertz CT molecular complexity index is 1380. The Hall–Kier alpha value is -4.08. The standard InChI is InChI=1S/C16H16N4O2.C9H9N3O3.S3.S2/c1-22-14-9-7-13(8-10-14)15(19-20-17)16(21)18-11-12-5-3-2-4-6-12;1-15-7-4-2-6(3-5-7)8(9(13)14)11-12-10;1-3-2;1-2/h2-10,15H,11H2,1H3,(H,18,21);2-5,8H,1H3,(H,13,14);;. The number of aliphatic carboxylic acids is 1. The van der Waals surface area contributed by atoms with Crippen LogP contribution in [0.1, 0.15) is 28.8 Å². The maximum Gasteiger partial charge on any atom is 0.316 e. The van der Waals surface area contributed by atoms with E-state index >= 15 is 0 Å². The molecule has 220 valence electrons. The molecule has 0 aromatic heterocycles. The number of carbonyl (C=O) groups excluding carboxylic acids is 1. The van der Waals surface area contributed by atoms with E-state index in [0.717, 1.165) is 14.4 Å². The van der Waals surface area contributed by atoms with Gasteiger partial charge in [-0.1, -0.05) is 64.8 Å². The van der Waals surface area contributed by atoms with Gasteiger partial charge < -0.3 is 19.9 Å². The number of amides is 1. The smallest absolute Gasteiger partial charge is 0.316 e. The van der Waals surface area contributed by atoms with Crippen LogP contribution in [0.25, 0.3) is 20.9 Å². The fraction of sp³-hybridized carbons (Fsp3) is 0.200. The van der Waals surface area contributed by atoms with Crippen molar-refractivity contribution in [2.75, 3.05) is 14.2 Å². The summed E-state index contributed by atoms with van der Waals surface area (Å²) in [5, 5.41) is 18.3. The van der Waals surface area contributed by atoms with Crippen molar-refractivity contribution in [2.45, 2.75) is 18.6 Å². The highest BCUT2D eigenvalue weighted by molar-refractivity contribution is 8.37. The fourth-order valence-corrected chi connectivity index (χ4v) is 3.09. The topological polar surface area (TPSA) is 182 Å². The van der Waals surface area contributed by atoms with Crippen molar-refractivity contribution in [2.24, 2.45) is 10.2 Å². The lowest BCUT2D eigenvalue weighted by Gasteiger charge is -2.13. The number of carbonyl (C=O) groups is 2. The summed E-state index contributed by atoms with van der Waals surface area (Å²) >= 11 is 15.6. The zero-order valence-electron chi connectivity index (χ0n) is 22.2. The minimum Gasteiger partial charge on any atom is -0.497 e. The van der Waals surface area contributed by atoms with Crippen molar-refractivity contribution in [3.63, 3.8) is 0 Å². The number of ether oxygens (including phenoxy) is 2. The predicted octanol–water partition coefficient (Wildman–Crippen LogP) is 5.48. The molecule has 0 saturated carbocycles. The number of hydrogen-bond donors (Lipinski definition) is 2. The van der Waals surface area contributed by atoms with Gasteiger partial charge in [-0.25, -0.2) is 0 Å².